The molecule has 0 radical (unpaired) electrons. The summed E-state index contributed by atoms with van der Waals surface area (Å²) < 4.78 is 29.5. The Kier molecular flexibility index (Phi) is 10.5. The Bertz CT molecular complexity index is 1270. The van der Waals surface area contributed by atoms with Gasteiger partial charge in [0.2, 0.25) is 11.8 Å². The van der Waals surface area contributed by atoms with Crippen molar-refractivity contribution in [3.63, 3.8) is 0 Å². The third-order valence-corrected chi connectivity index (χ3v) is 8.45. The molecule has 3 aromatic carbocycles. The highest BCUT2D eigenvalue weighted by molar-refractivity contribution is 14.1. The first-order chi connectivity index (χ1) is 17.8. The summed E-state index contributed by atoms with van der Waals surface area (Å²) in [4.78, 5) is 28.3. The third kappa shape index (κ3) is 7.54. The number of carbonyl (C=O) groups excluding carboxylic acids is 2. The molecule has 0 spiro atoms. The number of rotatable bonds is 12. The highest BCUT2D eigenvalue weighted by atomic mass is 127. The molecule has 0 aliphatic rings. The SMILES string of the molecule is CCNC(=O)[C@H](CC)N(CCc1ccccc1)C(=O)CN(c1ccc(I)cc1)S(=O)(=O)c1ccccc1. The predicted molar refractivity (Wildman–Crippen MR) is 155 cm³/mol. The lowest BCUT2D eigenvalue weighted by molar-refractivity contribution is -0.139. The summed E-state index contributed by atoms with van der Waals surface area (Å²) in [6, 6.07) is 24.0. The lowest BCUT2D eigenvalue weighted by Gasteiger charge is -2.33. The molecule has 0 saturated heterocycles. The first-order valence-corrected chi connectivity index (χ1v) is 14.7. The van der Waals surface area contributed by atoms with E-state index in [0.717, 1.165) is 13.4 Å². The molecule has 196 valence electrons. The minimum atomic E-state index is -4.04. The summed E-state index contributed by atoms with van der Waals surface area (Å²) in [6.45, 7) is 3.96. The molecule has 0 aliphatic heterocycles. The number of anilines is 1. The molecule has 3 aromatic rings. The molecule has 3 rings (SSSR count). The van der Waals surface area contributed by atoms with Crippen molar-refractivity contribution in [3.8, 4) is 0 Å². The fourth-order valence-corrected chi connectivity index (χ4v) is 5.84. The van der Waals surface area contributed by atoms with Crippen LogP contribution in [0.2, 0.25) is 0 Å². The van der Waals surface area contributed by atoms with Gasteiger partial charge in [-0.25, -0.2) is 8.42 Å². The largest absolute Gasteiger partial charge is 0.355 e. The Morgan fingerprint density at radius 3 is 2.05 bits per heavy atom. The van der Waals surface area contributed by atoms with Crippen molar-refractivity contribution in [3.05, 3.63) is 94.1 Å². The maximum Gasteiger partial charge on any atom is 0.264 e. The molecule has 2 amide bonds. The number of halogens is 1. The first-order valence-electron chi connectivity index (χ1n) is 12.2. The lowest BCUT2D eigenvalue weighted by atomic mass is 10.1. The van der Waals surface area contributed by atoms with E-state index in [0.29, 0.717) is 25.1 Å². The standard InChI is InChI=1S/C28H32IN3O4S/c1-3-26(28(34)30-4-2)31(20-19-22-11-7-5-8-12-22)27(33)21-32(24-17-15-23(29)16-18-24)37(35,36)25-13-9-6-10-14-25/h5-18,26H,3-4,19-21H2,1-2H3,(H,30,34)/t26-/m0/s1. The van der Waals surface area contributed by atoms with E-state index in [1.54, 1.807) is 42.5 Å². The van der Waals surface area contributed by atoms with Crippen molar-refractivity contribution in [2.45, 2.75) is 37.6 Å². The van der Waals surface area contributed by atoms with E-state index >= 15 is 0 Å². The number of hydrogen-bond acceptors (Lipinski definition) is 4. The van der Waals surface area contributed by atoms with Crippen molar-refractivity contribution in [1.29, 1.82) is 0 Å². The molecule has 0 aliphatic carbocycles. The van der Waals surface area contributed by atoms with Crippen molar-refractivity contribution in [2.24, 2.45) is 0 Å². The van der Waals surface area contributed by atoms with E-state index in [9.17, 15) is 18.0 Å². The third-order valence-electron chi connectivity index (χ3n) is 5.95. The zero-order valence-corrected chi connectivity index (χ0v) is 24.0. The number of likely N-dealkylation sites (N-methyl/N-ethyl adjacent to an activating group) is 1. The van der Waals surface area contributed by atoms with Gasteiger partial charge >= 0.3 is 0 Å². The maximum atomic E-state index is 13.8. The molecular formula is C28H32IN3O4S. The second-order valence-electron chi connectivity index (χ2n) is 8.44. The van der Waals surface area contributed by atoms with Crippen molar-refractivity contribution < 1.29 is 18.0 Å². The molecule has 0 heterocycles. The monoisotopic (exact) mass is 633 g/mol. The van der Waals surface area contributed by atoms with E-state index < -0.39 is 28.5 Å². The van der Waals surface area contributed by atoms with Gasteiger partial charge in [-0.2, -0.15) is 0 Å². The van der Waals surface area contributed by atoms with Crippen LogP contribution in [0.4, 0.5) is 5.69 Å². The number of nitrogens with one attached hydrogen (secondary N) is 1. The molecule has 0 aromatic heterocycles. The van der Waals surface area contributed by atoms with Gasteiger partial charge in [0.25, 0.3) is 10.0 Å². The smallest absolute Gasteiger partial charge is 0.264 e. The number of carbonyl (C=O) groups is 2. The summed E-state index contributed by atoms with van der Waals surface area (Å²) in [5.41, 5.74) is 1.41. The second-order valence-corrected chi connectivity index (χ2v) is 11.6. The average Bonchev–Trinajstić information content (AvgIpc) is 2.91. The zero-order valence-electron chi connectivity index (χ0n) is 21.0. The Hall–Kier alpha value is -2.92. The molecule has 1 atom stereocenters. The second kappa shape index (κ2) is 13.6. The maximum absolute atomic E-state index is 13.8. The molecule has 0 fully saturated rings. The predicted octanol–water partition coefficient (Wildman–Crippen LogP) is 4.47. The highest BCUT2D eigenvalue weighted by Gasteiger charge is 2.33. The number of sulfonamides is 1. The van der Waals surface area contributed by atoms with Gasteiger partial charge in [-0.3, -0.25) is 13.9 Å². The summed E-state index contributed by atoms with van der Waals surface area (Å²) in [7, 11) is -4.04. The van der Waals surface area contributed by atoms with Crippen LogP contribution >= 0.6 is 22.6 Å². The minimum absolute atomic E-state index is 0.0907. The van der Waals surface area contributed by atoms with Crippen LogP contribution in [0.3, 0.4) is 0 Å². The van der Waals surface area contributed by atoms with E-state index in [-0.39, 0.29) is 17.3 Å². The van der Waals surface area contributed by atoms with Crippen molar-refractivity contribution in [2.75, 3.05) is 23.9 Å². The summed E-state index contributed by atoms with van der Waals surface area (Å²) in [6.07, 6.45) is 0.943. The van der Waals surface area contributed by atoms with E-state index in [1.165, 1.54) is 17.0 Å². The number of hydrogen-bond donors (Lipinski definition) is 1. The Labute approximate surface area is 233 Å². The normalized spacial score (nSPS) is 12.0. The highest BCUT2D eigenvalue weighted by Crippen LogP contribution is 2.25. The molecule has 37 heavy (non-hydrogen) atoms. The van der Waals surface area contributed by atoms with E-state index in [4.69, 9.17) is 0 Å². The van der Waals surface area contributed by atoms with Crippen LogP contribution in [-0.2, 0) is 26.0 Å². The molecule has 9 heteroatoms. The van der Waals surface area contributed by atoms with Crippen LogP contribution in [0, 0.1) is 3.57 Å². The molecule has 7 nitrogen and oxygen atoms in total. The molecular weight excluding hydrogens is 601 g/mol. The average molecular weight is 634 g/mol. The van der Waals surface area contributed by atoms with Crippen LogP contribution in [0.5, 0.6) is 0 Å². The van der Waals surface area contributed by atoms with Gasteiger partial charge in [0.1, 0.15) is 12.6 Å². The Morgan fingerprint density at radius 1 is 0.892 bits per heavy atom. The van der Waals surface area contributed by atoms with Gasteiger partial charge in [0.15, 0.2) is 0 Å². The van der Waals surface area contributed by atoms with Gasteiger partial charge in [0, 0.05) is 16.7 Å². The first kappa shape index (κ1) is 28.6. The van der Waals surface area contributed by atoms with Crippen molar-refractivity contribution >= 4 is 50.1 Å². The van der Waals surface area contributed by atoms with E-state index in [1.807, 2.05) is 44.2 Å². The number of nitrogens with zero attached hydrogens (tertiary/aromatic N) is 2. The van der Waals surface area contributed by atoms with Crippen LogP contribution in [0.1, 0.15) is 25.8 Å². The zero-order chi connectivity index (χ0) is 26.8. The van der Waals surface area contributed by atoms with Gasteiger partial charge < -0.3 is 10.2 Å². The van der Waals surface area contributed by atoms with Gasteiger partial charge in [0.05, 0.1) is 10.6 Å². The fraction of sp³-hybridized carbons (Fsp3) is 0.286. The minimum Gasteiger partial charge on any atom is -0.355 e. The van der Waals surface area contributed by atoms with Crippen molar-refractivity contribution in [1.82, 2.24) is 10.2 Å². The quantitative estimate of drug-likeness (QED) is 0.299. The van der Waals surface area contributed by atoms with Crippen LogP contribution in [-0.4, -0.2) is 50.8 Å². The summed E-state index contributed by atoms with van der Waals surface area (Å²) in [5.74, 6) is -0.690. The van der Waals surface area contributed by atoms with Crippen LogP contribution < -0.4 is 9.62 Å². The van der Waals surface area contributed by atoms with Gasteiger partial charge in [-0.15, -0.1) is 0 Å². The molecule has 0 unspecified atom stereocenters. The molecule has 1 N–H and O–H groups in total. The topological polar surface area (TPSA) is 86.8 Å². The van der Waals surface area contributed by atoms with Gasteiger partial charge in [-0.05, 0) is 84.3 Å². The number of benzene rings is 3. The summed E-state index contributed by atoms with van der Waals surface area (Å²) in [5, 5.41) is 2.81. The van der Waals surface area contributed by atoms with Gasteiger partial charge in [-0.1, -0.05) is 55.5 Å². The van der Waals surface area contributed by atoms with Crippen LogP contribution in [0.15, 0.2) is 89.8 Å². The Balaban J connectivity index is 1.98. The molecule has 0 saturated carbocycles. The molecule has 0 bridgehead atoms. The Morgan fingerprint density at radius 2 is 1.49 bits per heavy atom. The lowest BCUT2D eigenvalue weighted by Crippen LogP contribution is -2.53. The van der Waals surface area contributed by atoms with E-state index in [2.05, 4.69) is 27.9 Å². The number of amides is 2. The van der Waals surface area contributed by atoms with Crippen LogP contribution in [0.25, 0.3) is 0 Å². The summed E-state index contributed by atoms with van der Waals surface area (Å²) >= 11 is 2.15. The fourth-order valence-electron chi connectivity index (χ4n) is 4.04.